The van der Waals surface area contributed by atoms with Gasteiger partial charge in [0.05, 0.1) is 4.88 Å². The maximum absolute atomic E-state index is 12.9. The van der Waals surface area contributed by atoms with Crippen molar-refractivity contribution in [3.63, 3.8) is 0 Å². The Bertz CT molecular complexity index is 874. The second-order valence-corrected chi connectivity index (χ2v) is 8.52. The number of ketones is 2. The molecule has 1 atom stereocenters. The van der Waals surface area contributed by atoms with E-state index < -0.39 is 0 Å². The number of rotatable bonds is 3. The van der Waals surface area contributed by atoms with E-state index in [9.17, 15) is 9.59 Å². The molecule has 0 saturated carbocycles. The van der Waals surface area contributed by atoms with E-state index in [2.05, 4.69) is 13.8 Å². The standard InChI is InChI=1S/C21H20O3S/c1-21(2)11-16(23)20-14(10-15(22)19-8-5-9-25-19)13-6-3-4-7-17(13)24-18(20)12-21/h3-9,14H,10-12H2,1-2H3/t14-/m0/s1. The minimum atomic E-state index is -0.210. The summed E-state index contributed by atoms with van der Waals surface area (Å²) in [5.74, 6) is 1.52. The number of hydrogen-bond acceptors (Lipinski definition) is 4. The first-order valence-electron chi connectivity index (χ1n) is 8.54. The third-order valence-corrected chi connectivity index (χ3v) is 5.85. The third-order valence-electron chi connectivity index (χ3n) is 4.94. The predicted molar refractivity (Wildman–Crippen MR) is 98.1 cm³/mol. The molecule has 2 aliphatic rings. The Morgan fingerprint density at radius 1 is 1.20 bits per heavy atom. The lowest BCUT2D eigenvalue weighted by Gasteiger charge is -2.38. The molecular weight excluding hydrogens is 332 g/mol. The Balaban J connectivity index is 1.77. The summed E-state index contributed by atoms with van der Waals surface area (Å²) in [6.45, 7) is 4.18. The van der Waals surface area contributed by atoms with Gasteiger partial charge in [0.25, 0.3) is 0 Å². The highest BCUT2D eigenvalue weighted by atomic mass is 32.1. The van der Waals surface area contributed by atoms with Crippen LogP contribution in [-0.2, 0) is 4.79 Å². The maximum Gasteiger partial charge on any atom is 0.173 e. The lowest BCUT2D eigenvalue weighted by atomic mass is 9.70. The van der Waals surface area contributed by atoms with Gasteiger partial charge in [0, 0.05) is 36.3 Å². The zero-order chi connectivity index (χ0) is 17.6. The van der Waals surface area contributed by atoms with Crippen LogP contribution in [0.5, 0.6) is 5.75 Å². The van der Waals surface area contributed by atoms with Crippen LogP contribution in [0.2, 0.25) is 0 Å². The van der Waals surface area contributed by atoms with Crippen molar-refractivity contribution in [2.45, 2.75) is 39.0 Å². The van der Waals surface area contributed by atoms with Crippen molar-refractivity contribution in [1.29, 1.82) is 0 Å². The molecule has 0 bridgehead atoms. The van der Waals surface area contributed by atoms with Gasteiger partial charge in [0.1, 0.15) is 11.5 Å². The summed E-state index contributed by atoms with van der Waals surface area (Å²) in [5, 5.41) is 1.91. The number of thiophene rings is 1. The number of benzene rings is 1. The van der Waals surface area contributed by atoms with Crippen LogP contribution in [0, 0.1) is 5.41 Å². The smallest absolute Gasteiger partial charge is 0.173 e. The fraction of sp³-hybridized carbons (Fsp3) is 0.333. The first-order valence-corrected chi connectivity index (χ1v) is 9.42. The number of fused-ring (bicyclic) bond motifs is 1. The first-order chi connectivity index (χ1) is 11.9. The fourth-order valence-corrected chi connectivity index (χ4v) is 4.52. The molecule has 2 heterocycles. The highest BCUT2D eigenvalue weighted by Gasteiger charge is 2.41. The SMILES string of the molecule is CC1(C)CC(=O)C2=C(C1)Oc1ccccc1[C@@H]2CC(=O)c1cccs1. The van der Waals surface area contributed by atoms with E-state index in [1.165, 1.54) is 11.3 Å². The van der Waals surface area contributed by atoms with Gasteiger partial charge >= 0.3 is 0 Å². The topological polar surface area (TPSA) is 43.4 Å². The lowest BCUT2D eigenvalue weighted by molar-refractivity contribution is -0.118. The Labute approximate surface area is 151 Å². The second kappa shape index (κ2) is 5.95. The van der Waals surface area contributed by atoms with Gasteiger partial charge < -0.3 is 4.74 Å². The summed E-state index contributed by atoms with van der Waals surface area (Å²) in [7, 11) is 0. The first kappa shape index (κ1) is 16.3. The Kier molecular flexibility index (Phi) is 3.88. The summed E-state index contributed by atoms with van der Waals surface area (Å²) >= 11 is 1.45. The summed E-state index contributed by atoms with van der Waals surface area (Å²) in [6.07, 6.45) is 1.54. The summed E-state index contributed by atoms with van der Waals surface area (Å²) in [5.41, 5.74) is 1.55. The molecule has 1 aliphatic carbocycles. The van der Waals surface area contributed by atoms with E-state index >= 15 is 0 Å². The molecule has 1 aromatic carbocycles. The van der Waals surface area contributed by atoms with Crippen LogP contribution < -0.4 is 4.74 Å². The van der Waals surface area contributed by atoms with E-state index in [4.69, 9.17) is 4.74 Å². The molecule has 4 heteroatoms. The minimum absolute atomic E-state index is 0.0844. The van der Waals surface area contributed by atoms with Gasteiger partial charge in [-0.1, -0.05) is 38.1 Å². The molecule has 0 saturated heterocycles. The number of carbonyl (C=O) groups is 2. The molecule has 0 spiro atoms. The third kappa shape index (κ3) is 2.95. The van der Waals surface area contributed by atoms with E-state index in [0.29, 0.717) is 18.4 Å². The molecule has 0 unspecified atom stereocenters. The molecule has 25 heavy (non-hydrogen) atoms. The van der Waals surface area contributed by atoms with Gasteiger partial charge in [0.2, 0.25) is 0 Å². The van der Waals surface area contributed by atoms with Gasteiger partial charge in [-0.05, 0) is 22.9 Å². The van der Waals surface area contributed by atoms with Crippen LogP contribution in [0.3, 0.4) is 0 Å². The van der Waals surface area contributed by atoms with Crippen LogP contribution in [0.4, 0.5) is 0 Å². The van der Waals surface area contributed by atoms with Crippen molar-refractivity contribution < 1.29 is 14.3 Å². The van der Waals surface area contributed by atoms with E-state index in [0.717, 1.165) is 28.4 Å². The van der Waals surface area contributed by atoms with E-state index in [1.54, 1.807) is 0 Å². The lowest BCUT2D eigenvalue weighted by Crippen LogP contribution is -2.33. The highest BCUT2D eigenvalue weighted by molar-refractivity contribution is 7.12. The number of ether oxygens (including phenoxy) is 1. The molecule has 1 aromatic heterocycles. The van der Waals surface area contributed by atoms with Crippen LogP contribution >= 0.6 is 11.3 Å². The predicted octanol–water partition coefficient (Wildman–Crippen LogP) is 5.14. The molecule has 0 amide bonds. The largest absolute Gasteiger partial charge is 0.461 e. The molecular formula is C21H20O3S. The van der Waals surface area contributed by atoms with Crippen LogP contribution in [0.25, 0.3) is 0 Å². The van der Waals surface area contributed by atoms with Gasteiger partial charge in [0.15, 0.2) is 11.6 Å². The van der Waals surface area contributed by atoms with Crippen LogP contribution in [-0.4, -0.2) is 11.6 Å². The average Bonchev–Trinajstić information content (AvgIpc) is 3.07. The van der Waals surface area contributed by atoms with Gasteiger partial charge in [-0.15, -0.1) is 11.3 Å². The number of carbonyl (C=O) groups excluding carboxylic acids is 2. The molecule has 1 aliphatic heterocycles. The minimum Gasteiger partial charge on any atom is -0.461 e. The van der Waals surface area contributed by atoms with Crippen molar-refractivity contribution >= 4 is 22.9 Å². The Hall–Kier alpha value is -2.20. The monoisotopic (exact) mass is 352 g/mol. The zero-order valence-corrected chi connectivity index (χ0v) is 15.2. The molecule has 0 N–H and O–H groups in total. The molecule has 4 rings (SSSR count). The normalized spacial score (nSPS) is 21.4. The summed E-state index contributed by atoms with van der Waals surface area (Å²) in [4.78, 5) is 26.4. The number of hydrogen-bond donors (Lipinski definition) is 0. The van der Waals surface area contributed by atoms with Crippen molar-refractivity contribution in [3.05, 3.63) is 63.6 Å². The van der Waals surface area contributed by atoms with Gasteiger partial charge in [-0.3, -0.25) is 9.59 Å². The Morgan fingerprint density at radius 2 is 2.00 bits per heavy atom. The molecule has 0 radical (unpaired) electrons. The van der Waals surface area contributed by atoms with Gasteiger partial charge in [-0.25, -0.2) is 0 Å². The van der Waals surface area contributed by atoms with Crippen LogP contribution in [0.1, 0.15) is 54.3 Å². The van der Waals surface area contributed by atoms with E-state index in [-0.39, 0.29) is 22.9 Å². The van der Waals surface area contributed by atoms with Crippen molar-refractivity contribution in [2.24, 2.45) is 5.41 Å². The van der Waals surface area contributed by atoms with Crippen LogP contribution in [0.15, 0.2) is 53.1 Å². The summed E-state index contributed by atoms with van der Waals surface area (Å²) in [6, 6.07) is 11.5. The summed E-state index contributed by atoms with van der Waals surface area (Å²) < 4.78 is 6.09. The van der Waals surface area contributed by atoms with Crippen molar-refractivity contribution in [3.8, 4) is 5.75 Å². The second-order valence-electron chi connectivity index (χ2n) is 7.57. The Morgan fingerprint density at radius 3 is 2.76 bits per heavy atom. The maximum atomic E-state index is 12.9. The number of allylic oxidation sites excluding steroid dienone is 2. The fourth-order valence-electron chi connectivity index (χ4n) is 3.84. The van der Waals surface area contributed by atoms with Crippen molar-refractivity contribution in [2.75, 3.05) is 0 Å². The average molecular weight is 352 g/mol. The molecule has 128 valence electrons. The number of para-hydroxylation sites is 1. The quantitative estimate of drug-likeness (QED) is 0.718. The van der Waals surface area contributed by atoms with E-state index in [1.807, 2.05) is 41.8 Å². The zero-order valence-electron chi connectivity index (χ0n) is 14.4. The van der Waals surface area contributed by atoms with Gasteiger partial charge in [-0.2, -0.15) is 0 Å². The highest BCUT2D eigenvalue weighted by Crippen LogP contribution is 2.49. The number of Topliss-reactive ketones (excluding diaryl/α,β-unsaturated/α-hetero) is 2. The molecule has 2 aromatic rings. The van der Waals surface area contributed by atoms with Crippen molar-refractivity contribution in [1.82, 2.24) is 0 Å². The molecule has 3 nitrogen and oxygen atoms in total. The molecule has 0 fully saturated rings.